The second-order valence-electron chi connectivity index (χ2n) is 9.52. The highest BCUT2D eigenvalue weighted by Gasteiger charge is 2.20. The highest BCUT2D eigenvalue weighted by atomic mass is 16.5. The average Bonchev–Trinajstić information content (AvgIpc) is 2.86. The second kappa shape index (κ2) is 17.2. The first-order valence-electron chi connectivity index (χ1n) is 13.6. The number of hydrogen-bond donors (Lipinski definition) is 2. The molecule has 1 aromatic rings. The van der Waals surface area contributed by atoms with Crippen LogP contribution >= 0.6 is 0 Å². The van der Waals surface area contributed by atoms with E-state index in [0.29, 0.717) is 38.0 Å². The summed E-state index contributed by atoms with van der Waals surface area (Å²) in [6.07, 6.45) is 12.4. The molecule has 1 unspecified atom stereocenters. The van der Waals surface area contributed by atoms with E-state index in [2.05, 4.69) is 12.2 Å². The first-order chi connectivity index (χ1) is 17.0. The van der Waals surface area contributed by atoms with Crippen LogP contribution in [0.3, 0.4) is 0 Å². The topological polar surface area (TPSA) is 88.1 Å². The fourth-order valence-electron chi connectivity index (χ4n) is 4.54. The highest BCUT2D eigenvalue weighted by Crippen LogP contribution is 2.18. The highest BCUT2D eigenvalue weighted by molar-refractivity contribution is 5.74. The van der Waals surface area contributed by atoms with E-state index in [1.807, 2.05) is 29.2 Å². The summed E-state index contributed by atoms with van der Waals surface area (Å²) in [4.78, 5) is 26.2. The van der Waals surface area contributed by atoms with Gasteiger partial charge in [-0.15, -0.1) is 0 Å². The molecule has 1 atom stereocenters. The first kappa shape index (κ1) is 29.0. The van der Waals surface area contributed by atoms with E-state index in [0.717, 1.165) is 37.8 Å². The minimum Gasteiger partial charge on any atom is -0.492 e. The van der Waals surface area contributed by atoms with Gasteiger partial charge in [-0.3, -0.25) is 0 Å². The lowest BCUT2D eigenvalue weighted by Crippen LogP contribution is -2.47. The standard InChI is InChI=1S/C28H46N2O5/c1-3-5-6-7-8-12-19-30(28(33)29-24-13-10-9-11-14-24)20-21-35-25-17-15-23(16-18-25)22-26(27(31)32)34-4-2/h15-18,24,26H,3-14,19-22H2,1-2H3,(H,29,33)(H,31,32). The van der Waals surface area contributed by atoms with Crippen molar-refractivity contribution >= 4 is 12.0 Å². The Bertz CT molecular complexity index is 719. The van der Waals surface area contributed by atoms with Crippen molar-refractivity contribution in [2.75, 3.05) is 26.3 Å². The van der Waals surface area contributed by atoms with Crippen molar-refractivity contribution in [2.24, 2.45) is 0 Å². The number of urea groups is 1. The Morgan fingerprint density at radius 3 is 2.34 bits per heavy atom. The van der Waals surface area contributed by atoms with Crippen LogP contribution in [0.4, 0.5) is 4.79 Å². The molecule has 0 spiro atoms. The molecular formula is C28H46N2O5. The van der Waals surface area contributed by atoms with E-state index in [4.69, 9.17) is 9.47 Å². The minimum absolute atomic E-state index is 0.0278. The number of nitrogens with one attached hydrogen (secondary N) is 1. The maximum Gasteiger partial charge on any atom is 0.333 e. The molecule has 0 bridgehead atoms. The number of benzene rings is 1. The second-order valence-corrected chi connectivity index (χ2v) is 9.52. The lowest BCUT2D eigenvalue weighted by molar-refractivity contribution is -0.149. The van der Waals surface area contributed by atoms with Gasteiger partial charge in [0.25, 0.3) is 0 Å². The van der Waals surface area contributed by atoms with Crippen molar-refractivity contribution in [3.8, 4) is 5.75 Å². The van der Waals surface area contributed by atoms with Crippen LogP contribution in [-0.2, 0) is 16.0 Å². The molecule has 0 aliphatic heterocycles. The SMILES string of the molecule is CCCCCCCCN(CCOc1ccc(CC(OCC)C(=O)O)cc1)C(=O)NC1CCCCC1. The van der Waals surface area contributed by atoms with Gasteiger partial charge in [0, 0.05) is 25.6 Å². The van der Waals surface area contributed by atoms with Crippen molar-refractivity contribution in [1.82, 2.24) is 10.2 Å². The summed E-state index contributed by atoms with van der Waals surface area (Å²) in [5.74, 6) is -0.242. The van der Waals surface area contributed by atoms with Crippen molar-refractivity contribution < 1.29 is 24.2 Å². The summed E-state index contributed by atoms with van der Waals surface area (Å²) < 4.78 is 11.2. The van der Waals surface area contributed by atoms with Crippen LogP contribution in [0.25, 0.3) is 0 Å². The van der Waals surface area contributed by atoms with Gasteiger partial charge in [-0.05, 0) is 43.9 Å². The molecule has 0 aromatic heterocycles. The van der Waals surface area contributed by atoms with Crippen LogP contribution in [-0.4, -0.2) is 60.5 Å². The molecule has 1 saturated carbocycles. The van der Waals surface area contributed by atoms with E-state index in [1.54, 1.807) is 6.92 Å². The lowest BCUT2D eigenvalue weighted by Gasteiger charge is -2.28. The summed E-state index contributed by atoms with van der Waals surface area (Å²) in [6.45, 7) is 6.09. The molecular weight excluding hydrogens is 444 g/mol. The van der Waals surface area contributed by atoms with Gasteiger partial charge in [0.15, 0.2) is 6.10 Å². The monoisotopic (exact) mass is 490 g/mol. The Balaban J connectivity index is 1.82. The van der Waals surface area contributed by atoms with Gasteiger partial charge < -0.3 is 24.8 Å². The molecule has 0 saturated heterocycles. The van der Waals surface area contributed by atoms with Gasteiger partial charge in [-0.2, -0.15) is 0 Å². The molecule has 1 aliphatic rings. The zero-order valence-corrected chi connectivity index (χ0v) is 21.8. The number of carboxylic acid groups (broad SMARTS) is 1. The van der Waals surface area contributed by atoms with Crippen LogP contribution in [0.1, 0.15) is 90.0 Å². The van der Waals surface area contributed by atoms with Crippen LogP contribution in [0, 0.1) is 0 Å². The average molecular weight is 491 g/mol. The molecule has 35 heavy (non-hydrogen) atoms. The van der Waals surface area contributed by atoms with Crippen LogP contribution < -0.4 is 10.1 Å². The number of nitrogens with zero attached hydrogens (tertiary/aromatic N) is 1. The molecule has 7 nitrogen and oxygen atoms in total. The van der Waals surface area contributed by atoms with Crippen molar-refractivity contribution in [1.29, 1.82) is 0 Å². The molecule has 1 fully saturated rings. The van der Waals surface area contributed by atoms with E-state index in [9.17, 15) is 14.7 Å². The normalized spacial score (nSPS) is 14.9. The zero-order chi connectivity index (χ0) is 25.3. The van der Waals surface area contributed by atoms with Gasteiger partial charge in [0.2, 0.25) is 0 Å². The third-order valence-corrected chi connectivity index (χ3v) is 6.62. The van der Waals surface area contributed by atoms with Crippen molar-refractivity contribution in [2.45, 2.75) is 103 Å². The van der Waals surface area contributed by atoms with Crippen LogP contribution in [0.5, 0.6) is 5.75 Å². The summed E-state index contributed by atoms with van der Waals surface area (Å²) >= 11 is 0. The third-order valence-electron chi connectivity index (χ3n) is 6.62. The Morgan fingerprint density at radius 1 is 1.00 bits per heavy atom. The summed E-state index contributed by atoms with van der Waals surface area (Å²) in [5, 5.41) is 12.5. The molecule has 7 heteroatoms. The third kappa shape index (κ3) is 11.8. The molecule has 2 amide bonds. The van der Waals surface area contributed by atoms with Crippen molar-refractivity contribution in [3.05, 3.63) is 29.8 Å². The Hall–Kier alpha value is -2.28. The number of rotatable bonds is 17. The molecule has 0 heterocycles. The Kier molecular flexibility index (Phi) is 14.2. The number of carbonyl (C=O) groups is 2. The predicted molar refractivity (Wildman–Crippen MR) is 139 cm³/mol. The number of aliphatic carboxylic acids is 1. The van der Waals surface area contributed by atoms with Gasteiger partial charge in [-0.25, -0.2) is 9.59 Å². The molecule has 1 aliphatic carbocycles. The zero-order valence-electron chi connectivity index (χ0n) is 21.8. The van der Waals surface area contributed by atoms with Gasteiger partial charge in [0.05, 0.1) is 6.54 Å². The summed E-state index contributed by atoms with van der Waals surface area (Å²) in [6, 6.07) is 7.76. The molecule has 0 radical (unpaired) electrons. The number of unbranched alkanes of at least 4 members (excludes halogenated alkanes) is 5. The quantitative estimate of drug-likeness (QED) is 0.269. The van der Waals surface area contributed by atoms with E-state index < -0.39 is 12.1 Å². The van der Waals surface area contributed by atoms with E-state index in [-0.39, 0.29) is 6.03 Å². The smallest absolute Gasteiger partial charge is 0.333 e. The summed E-state index contributed by atoms with van der Waals surface area (Å²) in [7, 11) is 0. The van der Waals surface area contributed by atoms with Crippen LogP contribution in [0.15, 0.2) is 24.3 Å². The number of amides is 2. The van der Waals surface area contributed by atoms with E-state index >= 15 is 0 Å². The molecule has 198 valence electrons. The number of hydrogen-bond acceptors (Lipinski definition) is 4. The fourth-order valence-corrected chi connectivity index (χ4v) is 4.54. The number of carbonyl (C=O) groups excluding carboxylic acids is 1. The minimum atomic E-state index is -0.955. The Morgan fingerprint density at radius 2 is 1.69 bits per heavy atom. The van der Waals surface area contributed by atoms with Crippen LogP contribution in [0.2, 0.25) is 0 Å². The molecule has 2 rings (SSSR count). The molecule has 1 aromatic carbocycles. The number of ether oxygens (including phenoxy) is 2. The van der Waals surface area contributed by atoms with E-state index in [1.165, 1.54) is 44.9 Å². The van der Waals surface area contributed by atoms with Gasteiger partial charge in [0.1, 0.15) is 12.4 Å². The fraction of sp³-hybridized carbons (Fsp3) is 0.714. The maximum atomic E-state index is 13.0. The van der Waals surface area contributed by atoms with Gasteiger partial charge in [-0.1, -0.05) is 70.4 Å². The van der Waals surface area contributed by atoms with Gasteiger partial charge >= 0.3 is 12.0 Å². The lowest BCUT2D eigenvalue weighted by atomic mass is 9.96. The Labute approximate surface area is 211 Å². The number of carboxylic acids is 1. The maximum absolute atomic E-state index is 13.0. The summed E-state index contributed by atoms with van der Waals surface area (Å²) in [5.41, 5.74) is 0.884. The molecule has 2 N–H and O–H groups in total. The largest absolute Gasteiger partial charge is 0.492 e. The first-order valence-corrected chi connectivity index (χ1v) is 13.6. The predicted octanol–water partition coefficient (Wildman–Crippen LogP) is 5.80. The van der Waals surface area contributed by atoms with Crippen molar-refractivity contribution in [3.63, 3.8) is 0 Å².